The van der Waals surface area contributed by atoms with Gasteiger partial charge in [-0.2, -0.15) is 0 Å². The summed E-state index contributed by atoms with van der Waals surface area (Å²) in [5, 5.41) is 3.50. The summed E-state index contributed by atoms with van der Waals surface area (Å²) in [5.41, 5.74) is 0. The van der Waals surface area contributed by atoms with E-state index < -0.39 is 0 Å². The highest BCUT2D eigenvalue weighted by Gasteiger charge is 1.97. The number of hydrogen-bond acceptors (Lipinski definition) is 2. The fourth-order valence-electron chi connectivity index (χ4n) is 0.789. The molecule has 0 saturated heterocycles. The van der Waals surface area contributed by atoms with E-state index >= 15 is 0 Å². The minimum Gasteiger partial charge on any atom is -0.369 e. The fraction of sp³-hybridized carbons (Fsp3) is 0.375. The zero-order valence-corrected chi connectivity index (χ0v) is 7.31. The van der Waals surface area contributed by atoms with Crippen molar-refractivity contribution in [2.24, 2.45) is 0 Å². The molecule has 4 heteroatoms. The maximum atomic E-state index is 11.7. The van der Waals surface area contributed by atoms with Crippen LogP contribution in [0.3, 0.4) is 0 Å². The van der Waals surface area contributed by atoms with Crippen molar-refractivity contribution in [1.82, 2.24) is 4.98 Å². The second-order valence-electron chi connectivity index (χ2n) is 2.30. The first kappa shape index (κ1) is 9.26. The van der Waals surface area contributed by atoms with Crippen LogP contribution in [0.25, 0.3) is 0 Å². The molecule has 0 saturated carbocycles. The summed E-state index contributed by atoms with van der Waals surface area (Å²) in [6.07, 6.45) is 2.12. The summed E-state index contributed by atoms with van der Waals surface area (Å²) in [4.78, 5) is 3.98. The molecule has 0 aromatic carbocycles. The van der Waals surface area contributed by atoms with Gasteiger partial charge in [-0.3, -0.25) is 4.39 Å². The summed E-state index contributed by atoms with van der Waals surface area (Å²) in [5.74, 6) is 0.618. The third-order valence-corrected chi connectivity index (χ3v) is 1.67. The number of nitrogens with one attached hydrogen (secondary N) is 1. The number of halogens is 2. The molecule has 0 amide bonds. The van der Waals surface area contributed by atoms with Crippen molar-refractivity contribution in [3.8, 4) is 0 Å². The van der Waals surface area contributed by atoms with E-state index in [9.17, 15) is 4.39 Å². The first-order chi connectivity index (χ1) is 5.84. The van der Waals surface area contributed by atoms with Gasteiger partial charge in [0, 0.05) is 12.7 Å². The lowest BCUT2D eigenvalue weighted by Gasteiger charge is -2.04. The van der Waals surface area contributed by atoms with Crippen LogP contribution in [-0.4, -0.2) is 18.2 Å². The molecule has 0 atom stereocenters. The number of hydrogen-bond donors (Lipinski definition) is 1. The van der Waals surface area contributed by atoms with E-state index in [0.29, 0.717) is 23.8 Å². The summed E-state index contributed by atoms with van der Waals surface area (Å²) in [6, 6.07) is 3.50. The highest BCUT2D eigenvalue weighted by Crippen LogP contribution is 2.16. The number of pyridine rings is 1. The summed E-state index contributed by atoms with van der Waals surface area (Å²) in [7, 11) is 0. The topological polar surface area (TPSA) is 24.9 Å². The lowest BCUT2D eigenvalue weighted by Crippen LogP contribution is -2.03. The van der Waals surface area contributed by atoms with Crippen molar-refractivity contribution in [2.45, 2.75) is 6.42 Å². The number of rotatable bonds is 4. The van der Waals surface area contributed by atoms with Crippen LogP contribution in [0.1, 0.15) is 6.42 Å². The predicted molar refractivity (Wildman–Crippen MR) is 48.3 cm³/mol. The number of nitrogens with zero attached hydrogens (tertiary/aromatic N) is 1. The fourth-order valence-corrected chi connectivity index (χ4v) is 0.978. The molecule has 0 bridgehead atoms. The lowest BCUT2D eigenvalue weighted by atomic mass is 10.4. The van der Waals surface area contributed by atoms with E-state index in [1.807, 2.05) is 0 Å². The molecular weight excluding hydrogens is 179 g/mol. The van der Waals surface area contributed by atoms with Gasteiger partial charge in [0.2, 0.25) is 0 Å². The van der Waals surface area contributed by atoms with Gasteiger partial charge in [0.25, 0.3) is 0 Å². The quantitative estimate of drug-likeness (QED) is 0.735. The average molecular weight is 189 g/mol. The second kappa shape index (κ2) is 4.93. The molecule has 0 radical (unpaired) electrons. The van der Waals surface area contributed by atoms with Gasteiger partial charge in [-0.1, -0.05) is 11.6 Å². The van der Waals surface area contributed by atoms with Crippen LogP contribution in [-0.2, 0) is 0 Å². The molecule has 1 heterocycles. The van der Waals surface area contributed by atoms with E-state index in [1.54, 1.807) is 18.3 Å². The van der Waals surface area contributed by atoms with Crippen molar-refractivity contribution in [3.63, 3.8) is 0 Å². The molecule has 0 unspecified atom stereocenters. The summed E-state index contributed by atoms with van der Waals surface area (Å²) >= 11 is 5.78. The normalized spacial score (nSPS) is 9.83. The predicted octanol–water partition coefficient (Wildman–Crippen LogP) is 2.51. The standard InChI is InChI=1S/C8H10ClFN2/c9-7-3-1-5-11-8(7)12-6-2-4-10/h1,3,5H,2,4,6H2,(H,11,12). The van der Waals surface area contributed by atoms with Crippen molar-refractivity contribution in [3.05, 3.63) is 23.4 Å². The number of alkyl halides is 1. The molecule has 0 aliphatic carbocycles. The van der Waals surface area contributed by atoms with Crippen molar-refractivity contribution < 1.29 is 4.39 Å². The SMILES string of the molecule is FCCCNc1ncccc1Cl. The Hall–Kier alpha value is -0.830. The van der Waals surface area contributed by atoms with E-state index in [0.717, 1.165) is 0 Å². The third kappa shape index (κ3) is 2.66. The van der Waals surface area contributed by atoms with Crippen molar-refractivity contribution in [1.29, 1.82) is 0 Å². The van der Waals surface area contributed by atoms with Crippen LogP contribution in [0.2, 0.25) is 5.02 Å². The lowest BCUT2D eigenvalue weighted by molar-refractivity contribution is 0.481. The Morgan fingerprint density at radius 3 is 3.08 bits per heavy atom. The summed E-state index contributed by atoms with van der Waals surface area (Å²) in [6.45, 7) is 0.241. The van der Waals surface area contributed by atoms with Gasteiger partial charge >= 0.3 is 0 Å². The van der Waals surface area contributed by atoms with Crippen LogP contribution in [0.15, 0.2) is 18.3 Å². The minimum absolute atomic E-state index is 0.322. The Labute approximate surface area is 75.8 Å². The van der Waals surface area contributed by atoms with Gasteiger partial charge in [0.05, 0.1) is 11.7 Å². The molecule has 0 aliphatic rings. The van der Waals surface area contributed by atoms with E-state index in [-0.39, 0.29) is 6.67 Å². The molecule has 1 N–H and O–H groups in total. The van der Waals surface area contributed by atoms with Crippen molar-refractivity contribution in [2.75, 3.05) is 18.5 Å². The molecule has 12 heavy (non-hydrogen) atoms. The molecular formula is C8H10ClFN2. The Morgan fingerprint density at radius 1 is 1.58 bits per heavy atom. The Kier molecular flexibility index (Phi) is 3.80. The Bertz CT molecular complexity index is 242. The van der Waals surface area contributed by atoms with E-state index in [1.165, 1.54) is 0 Å². The molecule has 66 valence electrons. The third-order valence-electron chi connectivity index (χ3n) is 1.36. The molecule has 1 aromatic heterocycles. The van der Waals surface area contributed by atoms with Crippen LogP contribution >= 0.6 is 11.6 Å². The number of anilines is 1. The van der Waals surface area contributed by atoms with Gasteiger partial charge in [-0.05, 0) is 18.6 Å². The maximum absolute atomic E-state index is 11.7. The van der Waals surface area contributed by atoms with Gasteiger partial charge in [0.1, 0.15) is 5.82 Å². The molecule has 0 fully saturated rings. The Balaban J connectivity index is 2.46. The largest absolute Gasteiger partial charge is 0.369 e. The molecule has 0 aliphatic heterocycles. The van der Waals surface area contributed by atoms with E-state index in [2.05, 4.69) is 10.3 Å². The molecule has 1 rings (SSSR count). The summed E-state index contributed by atoms with van der Waals surface area (Å²) < 4.78 is 11.7. The molecule has 1 aromatic rings. The van der Waals surface area contributed by atoms with Crippen LogP contribution in [0, 0.1) is 0 Å². The van der Waals surface area contributed by atoms with Gasteiger partial charge in [-0.25, -0.2) is 4.98 Å². The average Bonchev–Trinajstić information content (AvgIpc) is 2.09. The van der Waals surface area contributed by atoms with Crippen LogP contribution in [0.5, 0.6) is 0 Å². The second-order valence-corrected chi connectivity index (χ2v) is 2.71. The van der Waals surface area contributed by atoms with E-state index in [4.69, 9.17) is 11.6 Å². The van der Waals surface area contributed by atoms with Gasteiger partial charge in [-0.15, -0.1) is 0 Å². The Morgan fingerprint density at radius 2 is 2.42 bits per heavy atom. The van der Waals surface area contributed by atoms with Crippen LogP contribution in [0.4, 0.5) is 10.2 Å². The number of aromatic nitrogens is 1. The van der Waals surface area contributed by atoms with Crippen LogP contribution < -0.4 is 5.32 Å². The monoisotopic (exact) mass is 188 g/mol. The van der Waals surface area contributed by atoms with Gasteiger partial charge in [0.15, 0.2) is 0 Å². The van der Waals surface area contributed by atoms with Gasteiger partial charge < -0.3 is 5.32 Å². The highest BCUT2D eigenvalue weighted by molar-refractivity contribution is 6.32. The molecule has 2 nitrogen and oxygen atoms in total. The zero-order chi connectivity index (χ0) is 8.81. The van der Waals surface area contributed by atoms with Crippen molar-refractivity contribution >= 4 is 17.4 Å². The minimum atomic E-state index is -0.322. The highest BCUT2D eigenvalue weighted by atomic mass is 35.5. The first-order valence-electron chi connectivity index (χ1n) is 3.75. The molecule has 0 spiro atoms. The smallest absolute Gasteiger partial charge is 0.144 e. The maximum Gasteiger partial charge on any atom is 0.144 e. The zero-order valence-electron chi connectivity index (χ0n) is 6.56. The first-order valence-corrected chi connectivity index (χ1v) is 4.12.